The molecule has 1 saturated carbocycles. The maximum Gasteiger partial charge on any atom is 0.225 e. The van der Waals surface area contributed by atoms with Crippen LogP contribution in [-0.2, 0) is 4.79 Å². The van der Waals surface area contributed by atoms with E-state index in [4.69, 9.17) is 5.73 Å². The monoisotopic (exact) mass is 212 g/mol. The summed E-state index contributed by atoms with van der Waals surface area (Å²) in [6, 6.07) is 0. The summed E-state index contributed by atoms with van der Waals surface area (Å²) in [6.45, 7) is 4.39. The van der Waals surface area contributed by atoms with Gasteiger partial charge in [-0.25, -0.2) is 0 Å². The molecule has 0 unspecified atom stereocenters. The number of hydrogen-bond acceptors (Lipinski definition) is 2. The van der Waals surface area contributed by atoms with Crippen LogP contribution in [0, 0.1) is 5.92 Å². The number of rotatable bonds is 5. The van der Waals surface area contributed by atoms with Gasteiger partial charge >= 0.3 is 0 Å². The topological polar surface area (TPSA) is 46.3 Å². The molecule has 0 saturated heterocycles. The van der Waals surface area contributed by atoms with Gasteiger partial charge in [0.05, 0.1) is 0 Å². The Morgan fingerprint density at radius 1 is 1.33 bits per heavy atom. The highest BCUT2D eigenvalue weighted by molar-refractivity contribution is 5.78. The Balaban J connectivity index is 2.40. The summed E-state index contributed by atoms with van der Waals surface area (Å²) in [5, 5.41) is 0. The van der Waals surface area contributed by atoms with E-state index in [2.05, 4.69) is 6.92 Å². The van der Waals surface area contributed by atoms with Crippen molar-refractivity contribution in [2.24, 2.45) is 11.7 Å². The van der Waals surface area contributed by atoms with Crippen LogP contribution in [0.3, 0.4) is 0 Å². The second-order valence-electron chi connectivity index (χ2n) is 4.40. The molecule has 0 radical (unpaired) electrons. The Labute approximate surface area is 93.0 Å². The smallest absolute Gasteiger partial charge is 0.225 e. The Hall–Kier alpha value is -0.570. The first-order valence-corrected chi connectivity index (χ1v) is 6.28. The van der Waals surface area contributed by atoms with Crippen LogP contribution >= 0.6 is 0 Å². The highest BCUT2D eigenvalue weighted by atomic mass is 16.2. The first kappa shape index (κ1) is 12.5. The van der Waals surface area contributed by atoms with E-state index < -0.39 is 0 Å². The summed E-state index contributed by atoms with van der Waals surface area (Å²) in [5.74, 6) is 0.669. The molecule has 1 aliphatic rings. The van der Waals surface area contributed by atoms with Gasteiger partial charge in [-0.1, -0.05) is 19.3 Å². The first-order valence-electron chi connectivity index (χ1n) is 6.28. The fourth-order valence-electron chi connectivity index (χ4n) is 2.31. The van der Waals surface area contributed by atoms with Crippen molar-refractivity contribution in [1.82, 2.24) is 4.90 Å². The molecular formula is C12H24N2O. The molecule has 88 valence electrons. The number of carbonyl (C=O) groups is 1. The van der Waals surface area contributed by atoms with E-state index in [1.165, 1.54) is 19.3 Å². The predicted octanol–water partition coefficient (Wildman–Crippen LogP) is 1.76. The molecule has 15 heavy (non-hydrogen) atoms. The second-order valence-corrected chi connectivity index (χ2v) is 4.40. The van der Waals surface area contributed by atoms with Gasteiger partial charge in [-0.2, -0.15) is 0 Å². The quantitative estimate of drug-likeness (QED) is 0.755. The largest absolute Gasteiger partial charge is 0.343 e. The van der Waals surface area contributed by atoms with E-state index in [1.54, 1.807) is 0 Å². The molecule has 3 nitrogen and oxygen atoms in total. The normalized spacial score (nSPS) is 17.7. The molecule has 2 N–H and O–H groups in total. The van der Waals surface area contributed by atoms with Crippen molar-refractivity contribution >= 4 is 5.91 Å². The molecule has 0 aromatic carbocycles. The number of nitrogens with two attached hydrogens (primary N) is 1. The number of hydrogen-bond donors (Lipinski definition) is 1. The van der Waals surface area contributed by atoms with Gasteiger partial charge in [-0.3, -0.25) is 4.79 Å². The van der Waals surface area contributed by atoms with Crippen LogP contribution in [0.15, 0.2) is 0 Å². The lowest BCUT2D eigenvalue weighted by Crippen LogP contribution is -2.38. The van der Waals surface area contributed by atoms with Crippen molar-refractivity contribution in [2.75, 3.05) is 19.6 Å². The lowest BCUT2D eigenvalue weighted by molar-refractivity contribution is -0.136. The molecule has 0 atom stereocenters. The summed E-state index contributed by atoms with van der Waals surface area (Å²) < 4.78 is 0. The molecule has 0 bridgehead atoms. The van der Waals surface area contributed by atoms with Crippen LogP contribution in [0.25, 0.3) is 0 Å². The first-order chi connectivity index (χ1) is 7.29. The van der Waals surface area contributed by atoms with Gasteiger partial charge in [0.15, 0.2) is 0 Å². The maximum atomic E-state index is 12.1. The molecule has 0 aromatic rings. The summed E-state index contributed by atoms with van der Waals surface area (Å²) in [4.78, 5) is 14.1. The third-order valence-electron chi connectivity index (χ3n) is 3.28. The average molecular weight is 212 g/mol. The van der Waals surface area contributed by atoms with E-state index >= 15 is 0 Å². The van der Waals surface area contributed by atoms with Crippen molar-refractivity contribution < 1.29 is 4.79 Å². The van der Waals surface area contributed by atoms with Gasteiger partial charge < -0.3 is 10.6 Å². The van der Waals surface area contributed by atoms with Crippen molar-refractivity contribution in [3.05, 3.63) is 0 Å². The fourth-order valence-corrected chi connectivity index (χ4v) is 2.31. The summed E-state index contributed by atoms with van der Waals surface area (Å²) >= 11 is 0. The lowest BCUT2D eigenvalue weighted by Gasteiger charge is -2.28. The second kappa shape index (κ2) is 6.83. The van der Waals surface area contributed by atoms with Gasteiger partial charge in [0.1, 0.15) is 0 Å². The zero-order chi connectivity index (χ0) is 11.1. The third kappa shape index (κ3) is 3.82. The van der Waals surface area contributed by atoms with Crippen LogP contribution in [0.2, 0.25) is 0 Å². The minimum absolute atomic E-state index is 0.302. The van der Waals surface area contributed by atoms with Crippen molar-refractivity contribution in [2.45, 2.75) is 45.4 Å². The maximum absolute atomic E-state index is 12.1. The van der Waals surface area contributed by atoms with Gasteiger partial charge in [0.25, 0.3) is 0 Å². The minimum Gasteiger partial charge on any atom is -0.343 e. The highest BCUT2D eigenvalue weighted by Gasteiger charge is 2.24. The van der Waals surface area contributed by atoms with E-state index in [1.807, 2.05) is 4.90 Å². The Bertz CT molecular complexity index is 188. The van der Waals surface area contributed by atoms with E-state index in [0.717, 1.165) is 32.4 Å². The van der Waals surface area contributed by atoms with Crippen LogP contribution in [0.4, 0.5) is 0 Å². The van der Waals surface area contributed by atoms with Crippen molar-refractivity contribution in [3.8, 4) is 0 Å². The zero-order valence-corrected chi connectivity index (χ0v) is 9.87. The van der Waals surface area contributed by atoms with Crippen LogP contribution in [0.5, 0.6) is 0 Å². The molecule has 1 amide bonds. The standard InChI is InChI=1S/C12H24N2O/c1-2-14(10-6-9-13)12(15)11-7-4-3-5-8-11/h11H,2-10,13H2,1H3. The molecule has 0 heterocycles. The molecule has 0 spiro atoms. The van der Waals surface area contributed by atoms with E-state index in [-0.39, 0.29) is 0 Å². The third-order valence-corrected chi connectivity index (χ3v) is 3.28. The molecule has 0 aromatic heterocycles. The lowest BCUT2D eigenvalue weighted by atomic mass is 9.88. The van der Waals surface area contributed by atoms with E-state index in [0.29, 0.717) is 18.4 Å². The van der Waals surface area contributed by atoms with Gasteiger partial charge in [0.2, 0.25) is 5.91 Å². The minimum atomic E-state index is 0.302. The van der Waals surface area contributed by atoms with Crippen LogP contribution in [0.1, 0.15) is 45.4 Å². The molecular weight excluding hydrogens is 188 g/mol. The Kier molecular flexibility index (Phi) is 5.69. The molecule has 1 fully saturated rings. The highest BCUT2D eigenvalue weighted by Crippen LogP contribution is 2.25. The Morgan fingerprint density at radius 3 is 2.53 bits per heavy atom. The van der Waals surface area contributed by atoms with Crippen LogP contribution in [-0.4, -0.2) is 30.4 Å². The zero-order valence-electron chi connectivity index (χ0n) is 9.87. The fraction of sp³-hybridized carbons (Fsp3) is 0.917. The number of carbonyl (C=O) groups excluding carboxylic acids is 1. The van der Waals surface area contributed by atoms with Gasteiger partial charge in [0, 0.05) is 19.0 Å². The molecule has 1 aliphatic carbocycles. The summed E-state index contributed by atoms with van der Waals surface area (Å²) in [7, 11) is 0. The van der Waals surface area contributed by atoms with Gasteiger partial charge in [-0.05, 0) is 32.7 Å². The number of amides is 1. The number of nitrogens with zero attached hydrogens (tertiary/aromatic N) is 1. The van der Waals surface area contributed by atoms with Crippen molar-refractivity contribution in [1.29, 1.82) is 0 Å². The van der Waals surface area contributed by atoms with Crippen LogP contribution < -0.4 is 5.73 Å². The SMILES string of the molecule is CCN(CCCN)C(=O)C1CCCCC1. The van der Waals surface area contributed by atoms with Crippen molar-refractivity contribution in [3.63, 3.8) is 0 Å². The van der Waals surface area contributed by atoms with E-state index in [9.17, 15) is 4.79 Å². The molecule has 1 rings (SSSR count). The Morgan fingerprint density at radius 2 is 2.00 bits per heavy atom. The summed E-state index contributed by atoms with van der Waals surface area (Å²) in [6.07, 6.45) is 6.87. The molecule has 3 heteroatoms. The van der Waals surface area contributed by atoms with Gasteiger partial charge in [-0.15, -0.1) is 0 Å². The summed E-state index contributed by atoms with van der Waals surface area (Å²) in [5.41, 5.74) is 5.47. The average Bonchev–Trinajstić information content (AvgIpc) is 2.31. The predicted molar refractivity (Wildman–Crippen MR) is 62.5 cm³/mol. The molecule has 0 aliphatic heterocycles.